The van der Waals surface area contributed by atoms with Gasteiger partial charge in [0.15, 0.2) is 5.13 Å². The van der Waals surface area contributed by atoms with Gasteiger partial charge in [-0.3, -0.25) is 4.57 Å². The number of ether oxygens (including phenoxy) is 1. The van der Waals surface area contributed by atoms with Crippen LogP contribution in [0.5, 0.6) is 0 Å². The lowest BCUT2D eigenvalue weighted by atomic mass is 10.2. The fourth-order valence-electron chi connectivity index (χ4n) is 2.97. The number of rotatable bonds is 3. The molecule has 1 aliphatic rings. The predicted molar refractivity (Wildman–Crippen MR) is 90.0 cm³/mol. The third kappa shape index (κ3) is 2.31. The maximum absolute atomic E-state index is 5.74. The van der Waals surface area contributed by atoms with Gasteiger partial charge in [0, 0.05) is 40.5 Å². The second-order valence-electron chi connectivity index (χ2n) is 5.51. The predicted octanol–water partition coefficient (Wildman–Crippen LogP) is 4.53. The van der Waals surface area contributed by atoms with Gasteiger partial charge in [0.1, 0.15) is 11.1 Å². The van der Waals surface area contributed by atoms with Gasteiger partial charge in [0.05, 0.1) is 5.69 Å². The van der Waals surface area contributed by atoms with Crippen molar-refractivity contribution in [3.63, 3.8) is 0 Å². The summed E-state index contributed by atoms with van der Waals surface area (Å²) < 4.78 is 7.94. The highest BCUT2D eigenvalue weighted by molar-refractivity contribution is 7.12. The average molecular weight is 331 g/mol. The Labute approximate surface area is 137 Å². The Balaban J connectivity index is 1.73. The molecule has 1 saturated heterocycles. The Hall–Kier alpha value is -1.50. The van der Waals surface area contributed by atoms with Crippen LogP contribution < -0.4 is 0 Å². The summed E-state index contributed by atoms with van der Waals surface area (Å²) in [4.78, 5) is 9.25. The smallest absolute Gasteiger partial charge is 0.193 e. The van der Waals surface area contributed by atoms with Crippen LogP contribution in [0, 0.1) is 13.8 Å². The summed E-state index contributed by atoms with van der Waals surface area (Å²) in [5.74, 6) is 0. The third-order valence-electron chi connectivity index (χ3n) is 4.04. The average Bonchev–Trinajstić information content (AvgIpc) is 3.26. The summed E-state index contributed by atoms with van der Waals surface area (Å²) in [6.45, 7) is 5.11. The van der Waals surface area contributed by atoms with E-state index in [0.29, 0.717) is 0 Å². The molecule has 0 N–H and O–H groups in total. The van der Waals surface area contributed by atoms with Crippen molar-refractivity contribution in [2.24, 2.45) is 0 Å². The van der Waals surface area contributed by atoms with Crippen LogP contribution >= 0.6 is 22.7 Å². The van der Waals surface area contributed by atoms with Gasteiger partial charge in [-0.1, -0.05) is 0 Å². The normalized spacial score (nSPS) is 18.2. The largest absolute Gasteiger partial charge is 0.371 e. The van der Waals surface area contributed by atoms with Crippen molar-refractivity contribution in [1.29, 1.82) is 0 Å². The van der Waals surface area contributed by atoms with Crippen LogP contribution in [0.3, 0.4) is 0 Å². The van der Waals surface area contributed by atoms with E-state index in [2.05, 4.69) is 34.8 Å². The molecule has 3 aromatic rings. The van der Waals surface area contributed by atoms with Crippen LogP contribution in [-0.4, -0.2) is 21.1 Å². The summed E-state index contributed by atoms with van der Waals surface area (Å²) in [6, 6.07) is 2.20. The number of thiazole rings is 2. The first-order chi connectivity index (χ1) is 10.7. The van der Waals surface area contributed by atoms with Gasteiger partial charge < -0.3 is 4.74 Å². The van der Waals surface area contributed by atoms with Gasteiger partial charge in [-0.25, -0.2) is 9.97 Å². The highest BCUT2D eigenvalue weighted by atomic mass is 32.1. The summed E-state index contributed by atoms with van der Waals surface area (Å²) >= 11 is 3.36. The molecule has 1 unspecified atom stereocenters. The molecular weight excluding hydrogens is 314 g/mol. The second-order valence-corrected chi connectivity index (χ2v) is 7.27. The summed E-state index contributed by atoms with van der Waals surface area (Å²) in [5.41, 5.74) is 4.62. The summed E-state index contributed by atoms with van der Waals surface area (Å²) in [6.07, 6.45) is 4.27. The van der Waals surface area contributed by atoms with E-state index < -0.39 is 0 Å². The molecule has 1 fully saturated rings. The summed E-state index contributed by atoms with van der Waals surface area (Å²) in [5, 5.41) is 6.26. The van der Waals surface area contributed by atoms with Gasteiger partial charge in [-0.2, -0.15) is 0 Å². The first-order valence-electron chi connectivity index (χ1n) is 7.40. The van der Waals surface area contributed by atoms with Gasteiger partial charge in [0.25, 0.3) is 0 Å². The van der Waals surface area contributed by atoms with Crippen LogP contribution in [0.4, 0.5) is 0 Å². The topological polar surface area (TPSA) is 39.9 Å². The van der Waals surface area contributed by atoms with Crippen molar-refractivity contribution in [2.45, 2.75) is 32.8 Å². The molecule has 4 nitrogen and oxygen atoms in total. The van der Waals surface area contributed by atoms with Crippen molar-refractivity contribution < 1.29 is 4.74 Å². The SMILES string of the molecule is Cc1cc(-c2csc(C3CCCO3)n2)c(C)n1-c1nccs1. The van der Waals surface area contributed by atoms with E-state index in [4.69, 9.17) is 9.72 Å². The van der Waals surface area contributed by atoms with Crippen molar-refractivity contribution in [1.82, 2.24) is 14.5 Å². The van der Waals surface area contributed by atoms with E-state index in [1.807, 2.05) is 11.6 Å². The monoisotopic (exact) mass is 331 g/mol. The molecule has 0 saturated carbocycles. The molecule has 0 spiro atoms. The molecule has 0 amide bonds. The molecule has 0 aliphatic carbocycles. The first kappa shape index (κ1) is 14.1. The van der Waals surface area contributed by atoms with E-state index in [9.17, 15) is 0 Å². The van der Waals surface area contributed by atoms with Gasteiger partial charge >= 0.3 is 0 Å². The van der Waals surface area contributed by atoms with Gasteiger partial charge in [-0.05, 0) is 32.8 Å². The van der Waals surface area contributed by atoms with E-state index >= 15 is 0 Å². The van der Waals surface area contributed by atoms with E-state index in [1.165, 1.54) is 17.0 Å². The lowest BCUT2D eigenvalue weighted by Crippen LogP contribution is -1.98. The first-order valence-corrected chi connectivity index (χ1v) is 9.16. The Morgan fingerprint density at radius 1 is 1.32 bits per heavy atom. The van der Waals surface area contributed by atoms with Crippen molar-refractivity contribution in [3.8, 4) is 16.4 Å². The standard InChI is InChI=1S/C16H17N3OS2/c1-10-8-12(11(2)19(10)16-17-5-7-21-16)13-9-22-15(18-13)14-4-3-6-20-14/h5,7-9,14H,3-4,6H2,1-2H3. The number of aryl methyl sites for hydroxylation is 1. The maximum Gasteiger partial charge on any atom is 0.193 e. The minimum absolute atomic E-state index is 0.196. The molecule has 4 rings (SSSR count). The lowest BCUT2D eigenvalue weighted by molar-refractivity contribution is 0.112. The Morgan fingerprint density at radius 3 is 2.95 bits per heavy atom. The quantitative estimate of drug-likeness (QED) is 0.708. The molecular formula is C16H17N3OS2. The molecule has 1 aliphatic heterocycles. The minimum Gasteiger partial charge on any atom is -0.371 e. The Bertz CT molecular complexity index is 783. The van der Waals surface area contributed by atoms with Crippen molar-refractivity contribution in [2.75, 3.05) is 6.61 Å². The van der Waals surface area contributed by atoms with E-state index in [-0.39, 0.29) is 6.10 Å². The second kappa shape index (κ2) is 5.61. The molecule has 3 aromatic heterocycles. The Kier molecular flexibility index (Phi) is 3.60. The fourth-order valence-corrected chi connectivity index (χ4v) is 4.63. The van der Waals surface area contributed by atoms with Crippen LogP contribution in [0.25, 0.3) is 16.4 Å². The number of hydrogen-bond acceptors (Lipinski definition) is 5. The van der Waals surface area contributed by atoms with Crippen LogP contribution in [0.2, 0.25) is 0 Å². The molecule has 22 heavy (non-hydrogen) atoms. The number of nitrogens with zero attached hydrogens (tertiary/aromatic N) is 3. The zero-order chi connectivity index (χ0) is 15.1. The van der Waals surface area contributed by atoms with Crippen molar-refractivity contribution in [3.05, 3.63) is 39.4 Å². The zero-order valence-electron chi connectivity index (χ0n) is 12.6. The molecule has 6 heteroatoms. The van der Waals surface area contributed by atoms with Crippen molar-refractivity contribution >= 4 is 22.7 Å². The van der Waals surface area contributed by atoms with Gasteiger partial charge in [0.2, 0.25) is 0 Å². The molecule has 114 valence electrons. The molecule has 0 aromatic carbocycles. The van der Waals surface area contributed by atoms with E-state index in [1.54, 1.807) is 22.7 Å². The van der Waals surface area contributed by atoms with Crippen LogP contribution in [0.15, 0.2) is 23.0 Å². The minimum atomic E-state index is 0.196. The lowest BCUT2D eigenvalue weighted by Gasteiger charge is -2.05. The maximum atomic E-state index is 5.74. The van der Waals surface area contributed by atoms with E-state index in [0.717, 1.165) is 35.3 Å². The molecule has 0 radical (unpaired) electrons. The highest BCUT2D eigenvalue weighted by Gasteiger charge is 2.22. The molecule has 0 bridgehead atoms. The number of aromatic nitrogens is 3. The molecule has 4 heterocycles. The van der Waals surface area contributed by atoms with Crippen LogP contribution in [0.1, 0.15) is 35.3 Å². The fraction of sp³-hybridized carbons (Fsp3) is 0.375. The van der Waals surface area contributed by atoms with Gasteiger partial charge in [-0.15, -0.1) is 22.7 Å². The highest BCUT2D eigenvalue weighted by Crippen LogP contribution is 2.35. The Morgan fingerprint density at radius 2 is 2.23 bits per heavy atom. The summed E-state index contributed by atoms with van der Waals surface area (Å²) in [7, 11) is 0. The molecule has 1 atom stereocenters. The van der Waals surface area contributed by atoms with Crippen LogP contribution in [-0.2, 0) is 4.74 Å². The zero-order valence-corrected chi connectivity index (χ0v) is 14.2. The number of hydrogen-bond donors (Lipinski definition) is 0. The third-order valence-corrected chi connectivity index (χ3v) is 5.74.